The van der Waals surface area contributed by atoms with Crippen LogP contribution in [0.1, 0.15) is 48.0 Å². The number of hydrogen-bond acceptors (Lipinski definition) is 5. The molecule has 0 bridgehead atoms. The van der Waals surface area contributed by atoms with Crippen LogP contribution in [0.25, 0.3) is 0 Å². The Kier molecular flexibility index (Phi) is 15.3. The highest BCUT2D eigenvalue weighted by atomic mass is 16.5. The van der Waals surface area contributed by atoms with E-state index in [1.54, 1.807) is 6.92 Å². The zero-order valence-electron chi connectivity index (χ0n) is 14.8. The summed E-state index contributed by atoms with van der Waals surface area (Å²) in [4.78, 5) is 34.8. The zero-order valence-corrected chi connectivity index (χ0v) is 14.8. The van der Waals surface area contributed by atoms with Gasteiger partial charge in [0.05, 0.1) is 26.4 Å². The first-order valence-electron chi connectivity index (χ1n) is 8.01. The fraction of sp³-hybridized carbons (Fsp3) is 0.812. The van der Waals surface area contributed by atoms with Crippen LogP contribution in [0.3, 0.4) is 0 Å². The topological polar surface area (TPSA) is 72.9 Å². The smallest absolute Gasteiger partial charge is 0.232 e. The van der Waals surface area contributed by atoms with Crippen molar-refractivity contribution < 1.29 is 23.9 Å². The van der Waals surface area contributed by atoms with Crippen molar-refractivity contribution in [3.63, 3.8) is 0 Å². The van der Waals surface area contributed by atoms with Gasteiger partial charge in [-0.1, -0.05) is 34.6 Å². The molecule has 1 rings (SSSR count). The fourth-order valence-electron chi connectivity index (χ4n) is 1.67. The van der Waals surface area contributed by atoms with Gasteiger partial charge < -0.3 is 9.47 Å². The van der Waals surface area contributed by atoms with E-state index in [1.807, 2.05) is 27.7 Å². The maximum atomic E-state index is 11.5. The van der Waals surface area contributed by atoms with Crippen LogP contribution in [0.2, 0.25) is 0 Å². The minimum atomic E-state index is -0.212. The van der Waals surface area contributed by atoms with Gasteiger partial charge >= 0.3 is 0 Å². The van der Waals surface area contributed by atoms with E-state index in [0.717, 1.165) is 0 Å². The van der Waals surface area contributed by atoms with Crippen LogP contribution in [0.4, 0.5) is 0 Å². The standard InChI is InChI=1S/C12H19NO5.2C2H6/c1-9-7-11(15)13(12(9)16)3-4-17-5-6-18-8-10(2)14;2*1-2/h9H,3-8H2,1-2H3;2*1-2H3. The summed E-state index contributed by atoms with van der Waals surface area (Å²) >= 11 is 0. The van der Waals surface area contributed by atoms with Crippen LogP contribution in [0, 0.1) is 5.92 Å². The molecule has 1 saturated heterocycles. The van der Waals surface area contributed by atoms with Gasteiger partial charge in [0.25, 0.3) is 0 Å². The molecule has 1 atom stereocenters. The minimum Gasteiger partial charge on any atom is -0.377 e. The van der Waals surface area contributed by atoms with Gasteiger partial charge in [0.15, 0.2) is 5.78 Å². The molecule has 1 aliphatic heterocycles. The summed E-state index contributed by atoms with van der Waals surface area (Å²) in [6.07, 6.45) is 0.292. The molecule has 0 aromatic heterocycles. The molecule has 6 nitrogen and oxygen atoms in total. The molecule has 22 heavy (non-hydrogen) atoms. The third kappa shape index (κ3) is 9.63. The number of carbonyl (C=O) groups is 3. The van der Waals surface area contributed by atoms with Crippen molar-refractivity contribution in [1.29, 1.82) is 0 Å². The Balaban J connectivity index is 0. The number of likely N-dealkylation sites (tertiary alicyclic amines) is 1. The number of ketones is 1. The summed E-state index contributed by atoms with van der Waals surface area (Å²) in [5, 5.41) is 0. The number of ether oxygens (including phenoxy) is 2. The molecule has 0 aliphatic carbocycles. The normalized spacial score (nSPS) is 16.6. The second-order valence-corrected chi connectivity index (χ2v) is 4.36. The van der Waals surface area contributed by atoms with Crippen molar-refractivity contribution in [3.05, 3.63) is 0 Å². The van der Waals surface area contributed by atoms with E-state index in [1.165, 1.54) is 11.8 Å². The van der Waals surface area contributed by atoms with Crippen LogP contribution in [-0.4, -0.2) is 55.5 Å². The third-order valence-electron chi connectivity index (χ3n) is 2.61. The lowest BCUT2D eigenvalue weighted by Crippen LogP contribution is -2.33. The highest BCUT2D eigenvalue weighted by Crippen LogP contribution is 2.17. The van der Waals surface area contributed by atoms with E-state index in [0.29, 0.717) is 26.2 Å². The number of nitrogens with zero attached hydrogens (tertiary/aromatic N) is 1. The van der Waals surface area contributed by atoms with Crippen LogP contribution in [-0.2, 0) is 23.9 Å². The predicted molar refractivity (Wildman–Crippen MR) is 85.5 cm³/mol. The summed E-state index contributed by atoms with van der Waals surface area (Å²) in [5.41, 5.74) is 0. The first-order chi connectivity index (χ1) is 10.5. The predicted octanol–water partition coefficient (Wildman–Crippen LogP) is 2.06. The average Bonchev–Trinajstić information content (AvgIpc) is 2.76. The van der Waals surface area contributed by atoms with Gasteiger partial charge in [-0.2, -0.15) is 0 Å². The van der Waals surface area contributed by atoms with E-state index in [-0.39, 0.29) is 36.7 Å². The molecule has 2 amide bonds. The summed E-state index contributed by atoms with van der Waals surface area (Å²) in [5.74, 6) is -0.506. The molecule has 0 spiro atoms. The van der Waals surface area contributed by atoms with Crippen molar-refractivity contribution >= 4 is 17.6 Å². The van der Waals surface area contributed by atoms with Crippen LogP contribution in [0.5, 0.6) is 0 Å². The Morgan fingerprint density at radius 1 is 1.09 bits per heavy atom. The summed E-state index contributed by atoms with van der Waals surface area (Å²) in [7, 11) is 0. The molecule has 0 aromatic rings. The summed E-state index contributed by atoms with van der Waals surface area (Å²) < 4.78 is 10.2. The lowest BCUT2D eigenvalue weighted by atomic mass is 10.1. The number of imide groups is 1. The molecule has 0 radical (unpaired) electrons. The quantitative estimate of drug-likeness (QED) is 0.506. The Hall–Kier alpha value is -1.27. The molecule has 0 saturated carbocycles. The minimum absolute atomic E-state index is 0.0303. The lowest BCUT2D eigenvalue weighted by molar-refractivity contribution is -0.140. The first-order valence-corrected chi connectivity index (χ1v) is 8.01. The zero-order chi connectivity index (χ0) is 17.5. The van der Waals surface area contributed by atoms with Crippen molar-refractivity contribution in [1.82, 2.24) is 4.90 Å². The van der Waals surface area contributed by atoms with Crippen LogP contribution in [0.15, 0.2) is 0 Å². The molecule has 1 fully saturated rings. The Morgan fingerprint density at radius 3 is 2.09 bits per heavy atom. The van der Waals surface area contributed by atoms with E-state index in [4.69, 9.17) is 9.47 Å². The Labute approximate surface area is 134 Å². The maximum absolute atomic E-state index is 11.5. The maximum Gasteiger partial charge on any atom is 0.232 e. The van der Waals surface area contributed by atoms with Gasteiger partial charge in [-0.05, 0) is 6.92 Å². The average molecular weight is 317 g/mol. The van der Waals surface area contributed by atoms with Crippen molar-refractivity contribution in [2.45, 2.75) is 48.0 Å². The number of amides is 2. The highest BCUT2D eigenvalue weighted by molar-refractivity contribution is 6.03. The van der Waals surface area contributed by atoms with Crippen molar-refractivity contribution in [2.24, 2.45) is 5.92 Å². The first kappa shape index (κ1) is 23.0. The summed E-state index contributed by atoms with van der Waals surface area (Å²) in [6, 6.07) is 0. The van der Waals surface area contributed by atoms with E-state index >= 15 is 0 Å². The molecule has 1 aliphatic rings. The van der Waals surface area contributed by atoms with E-state index < -0.39 is 0 Å². The fourth-order valence-corrected chi connectivity index (χ4v) is 1.67. The Morgan fingerprint density at radius 2 is 1.64 bits per heavy atom. The van der Waals surface area contributed by atoms with Gasteiger partial charge in [-0.3, -0.25) is 19.3 Å². The number of hydrogen-bond donors (Lipinski definition) is 0. The number of rotatable bonds is 8. The lowest BCUT2D eigenvalue weighted by Gasteiger charge is -2.14. The van der Waals surface area contributed by atoms with Crippen LogP contribution < -0.4 is 0 Å². The van der Waals surface area contributed by atoms with Gasteiger partial charge in [-0.25, -0.2) is 0 Å². The van der Waals surface area contributed by atoms with Crippen LogP contribution >= 0.6 is 0 Å². The monoisotopic (exact) mass is 317 g/mol. The third-order valence-corrected chi connectivity index (χ3v) is 2.61. The molecule has 130 valence electrons. The van der Waals surface area contributed by atoms with Gasteiger partial charge in [-0.15, -0.1) is 0 Å². The molecule has 6 heteroatoms. The largest absolute Gasteiger partial charge is 0.377 e. The molecular weight excluding hydrogens is 286 g/mol. The van der Waals surface area contributed by atoms with Gasteiger partial charge in [0.2, 0.25) is 11.8 Å². The summed E-state index contributed by atoms with van der Waals surface area (Å²) in [6.45, 7) is 12.5. The highest BCUT2D eigenvalue weighted by Gasteiger charge is 2.34. The van der Waals surface area contributed by atoms with Crippen molar-refractivity contribution in [3.8, 4) is 0 Å². The number of Topliss-reactive ketones (excluding diaryl/α,β-unsaturated/α-hetero) is 1. The van der Waals surface area contributed by atoms with Gasteiger partial charge in [0.1, 0.15) is 6.61 Å². The molecule has 0 aromatic carbocycles. The van der Waals surface area contributed by atoms with E-state index in [2.05, 4.69) is 0 Å². The van der Waals surface area contributed by atoms with Crippen molar-refractivity contribution in [2.75, 3.05) is 33.0 Å². The second kappa shape index (κ2) is 14.7. The SMILES string of the molecule is CC.CC.CC(=O)COCCOCCN1C(=O)CC(C)C1=O. The number of carbonyl (C=O) groups excluding carboxylic acids is 3. The molecule has 1 unspecified atom stereocenters. The Bertz CT molecular complexity index is 330. The second-order valence-electron chi connectivity index (χ2n) is 4.36. The molecular formula is C16H31NO5. The van der Waals surface area contributed by atoms with E-state index in [9.17, 15) is 14.4 Å². The van der Waals surface area contributed by atoms with Gasteiger partial charge in [0, 0.05) is 12.3 Å². The molecule has 1 heterocycles. The molecule has 0 N–H and O–H groups in total.